The van der Waals surface area contributed by atoms with Crippen molar-refractivity contribution in [3.63, 3.8) is 0 Å². The lowest BCUT2D eigenvalue weighted by Crippen LogP contribution is -2.28. The summed E-state index contributed by atoms with van der Waals surface area (Å²) in [6, 6.07) is 1.27. The number of nitrogens with one attached hydrogen (secondary N) is 1. The third-order valence-corrected chi connectivity index (χ3v) is 2.59. The number of carbonyl (C=O) groups excluding carboxylic acids is 2. The van der Waals surface area contributed by atoms with Gasteiger partial charge in [0, 0.05) is 5.56 Å². The number of anilines is 1. The summed E-state index contributed by atoms with van der Waals surface area (Å²) >= 11 is 0. The average Bonchev–Trinajstić information content (AvgIpc) is 2.23. The van der Waals surface area contributed by atoms with Crippen molar-refractivity contribution in [2.75, 3.05) is 5.32 Å². The first-order chi connectivity index (χ1) is 8.65. The Hall–Kier alpha value is -1.91. The number of hydrogen-bond donors (Lipinski definition) is 1. The highest BCUT2D eigenvalue weighted by molar-refractivity contribution is 5.94. The first kappa shape index (κ1) is 15.1. The van der Waals surface area contributed by atoms with Crippen LogP contribution >= 0.6 is 0 Å². The van der Waals surface area contributed by atoms with Crippen LogP contribution in [-0.4, -0.2) is 18.0 Å². The van der Waals surface area contributed by atoms with Crippen molar-refractivity contribution >= 4 is 18.1 Å². The molecule has 0 aliphatic heterocycles. The smallest absolute Gasteiger partial charge is 0.412 e. The fourth-order valence-electron chi connectivity index (χ4n) is 1.58. The molecule has 1 aromatic carbocycles. The summed E-state index contributed by atoms with van der Waals surface area (Å²) in [6.07, 6.45) is -0.268. The Morgan fingerprint density at radius 1 is 1.37 bits per heavy atom. The van der Waals surface area contributed by atoms with Crippen LogP contribution in [-0.2, 0) is 4.74 Å². The SMILES string of the molecule is Cc1cc(F)c(NC(=O)OC(C)(C)C)c(C=O)c1C. The molecule has 0 fully saturated rings. The normalized spacial score (nSPS) is 11.1. The summed E-state index contributed by atoms with van der Waals surface area (Å²) in [6.45, 7) is 8.49. The van der Waals surface area contributed by atoms with E-state index in [0.29, 0.717) is 17.4 Å². The van der Waals surface area contributed by atoms with Gasteiger partial charge in [0.1, 0.15) is 11.4 Å². The van der Waals surface area contributed by atoms with Crippen molar-refractivity contribution < 1.29 is 18.7 Å². The molecular formula is C14H18FNO3. The third-order valence-electron chi connectivity index (χ3n) is 2.59. The highest BCUT2D eigenvalue weighted by Crippen LogP contribution is 2.25. The molecule has 0 heterocycles. The standard InChI is InChI=1S/C14H18FNO3/c1-8-6-11(15)12(10(7-17)9(8)2)16-13(18)19-14(3,4)5/h6-7H,1-5H3,(H,16,18). The number of halogens is 1. The molecule has 0 saturated heterocycles. The second kappa shape index (κ2) is 5.38. The number of hydrogen-bond acceptors (Lipinski definition) is 3. The summed E-state index contributed by atoms with van der Waals surface area (Å²) in [7, 11) is 0. The largest absolute Gasteiger partial charge is 0.444 e. The number of amides is 1. The fourth-order valence-corrected chi connectivity index (χ4v) is 1.58. The zero-order chi connectivity index (χ0) is 14.8. The first-order valence-corrected chi connectivity index (χ1v) is 5.90. The van der Waals surface area contributed by atoms with Crippen LogP contribution < -0.4 is 5.32 Å². The number of aryl methyl sites for hydroxylation is 1. The van der Waals surface area contributed by atoms with Gasteiger partial charge in [-0.3, -0.25) is 10.1 Å². The van der Waals surface area contributed by atoms with E-state index < -0.39 is 17.5 Å². The van der Waals surface area contributed by atoms with Crippen LogP contribution in [0.5, 0.6) is 0 Å². The van der Waals surface area contributed by atoms with E-state index in [0.717, 1.165) is 0 Å². The van der Waals surface area contributed by atoms with Gasteiger partial charge in [-0.25, -0.2) is 9.18 Å². The molecule has 0 aliphatic rings. The highest BCUT2D eigenvalue weighted by atomic mass is 19.1. The van der Waals surface area contributed by atoms with E-state index in [4.69, 9.17) is 4.74 Å². The summed E-state index contributed by atoms with van der Waals surface area (Å²) in [5.74, 6) is -0.656. The molecule has 104 valence electrons. The molecule has 1 aromatic rings. The lowest BCUT2D eigenvalue weighted by molar-refractivity contribution is 0.0635. The predicted octanol–water partition coefficient (Wildman–Crippen LogP) is 3.60. The van der Waals surface area contributed by atoms with Gasteiger partial charge in [-0.2, -0.15) is 0 Å². The van der Waals surface area contributed by atoms with E-state index in [1.807, 2.05) is 0 Å². The van der Waals surface area contributed by atoms with Crippen molar-refractivity contribution in [2.45, 2.75) is 40.2 Å². The minimum atomic E-state index is -0.794. The molecule has 0 saturated carbocycles. The Bertz CT molecular complexity index is 518. The summed E-state index contributed by atoms with van der Waals surface area (Å²) < 4.78 is 18.9. The lowest BCUT2D eigenvalue weighted by atomic mass is 10.0. The second-order valence-electron chi connectivity index (χ2n) is 5.33. The number of ether oxygens (including phenoxy) is 1. The number of aldehydes is 1. The average molecular weight is 267 g/mol. The van der Waals surface area contributed by atoms with Crippen LogP contribution in [0.1, 0.15) is 42.3 Å². The topological polar surface area (TPSA) is 55.4 Å². The third kappa shape index (κ3) is 3.77. The monoisotopic (exact) mass is 267 g/mol. The molecular weight excluding hydrogens is 249 g/mol. The zero-order valence-corrected chi connectivity index (χ0v) is 11.8. The maximum Gasteiger partial charge on any atom is 0.412 e. The van der Waals surface area contributed by atoms with Crippen LogP contribution in [0.3, 0.4) is 0 Å². The molecule has 0 atom stereocenters. The van der Waals surface area contributed by atoms with E-state index >= 15 is 0 Å². The Morgan fingerprint density at radius 3 is 2.42 bits per heavy atom. The predicted molar refractivity (Wildman–Crippen MR) is 71.1 cm³/mol. The fraction of sp³-hybridized carbons (Fsp3) is 0.429. The molecule has 0 radical (unpaired) electrons. The second-order valence-corrected chi connectivity index (χ2v) is 5.33. The van der Waals surface area contributed by atoms with E-state index in [1.165, 1.54) is 6.07 Å². The van der Waals surface area contributed by atoms with Crippen molar-refractivity contribution in [1.82, 2.24) is 0 Å². The summed E-state index contributed by atoms with van der Waals surface area (Å²) in [5.41, 5.74) is 0.564. The van der Waals surface area contributed by atoms with E-state index in [2.05, 4.69) is 5.32 Å². The molecule has 0 spiro atoms. The zero-order valence-electron chi connectivity index (χ0n) is 11.8. The maximum absolute atomic E-state index is 13.8. The Labute approximate surface area is 112 Å². The van der Waals surface area contributed by atoms with E-state index in [1.54, 1.807) is 34.6 Å². The molecule has 1 N–H and O–H groups in total. The molecule has 4 nitrogen and oxygen atoms in total. The van der Waals surface area contributed by atoms with Crippen LogP contribution in [0.15, 0.2) is 6.07 Å². The Kier molecular flexibility index (Phi) is 4.29. The summed E-state index contributed by atoms with van der Waals surface area (Å²) in [5, 5.41) is 2.29. The Balaban J connectivity index is 3.11. The van der Waals surface area contributed by atoms with Gasteiger partial charge in [0.05, 0.1) is 5.69 Å². The van der Waals surface area contributed by atoms with E-state index in [9.17, 15) is 14.0 Å². The number of rotatable bonds is 2. The van der Waals surface area contributed by atoms with Gasteiger partial charge in [-0.1, -0.05) is 0 Å². The van der Waals surface area contributed by atoms with Crippen molar-refractivity contribution in [3.8, 4) is 0 Å². The quantitative estimate of drug-likeness (QED) is 0.833. The van der Waals surface area contributed by atoms with Crippen molar-refractivity contribution in [3.05, 3.63) is 28.6 Å². The highest BCUT2D eigenvalue weighted by Gasteiger charge is 2.20. The molecule has 1 rings (SSSR count). The van der Waals surface area contributed by atoms with Gasteiger partial charge in [-0.15, -0.1) is 0 Å². The van der Waals surface area contributed by atoms with Gasteiger partial charge in [0.15, 0.2) is 6.29 Å². The van der Waals surface area contributed by atoms with Gasteiger partial charge in [0.25, 0.3) is 0 Å². The van der Waals surface area contributed by atoms with Gasteiger partial charge in [-0.05, 0) is 51.8 Å². The first-order valence-electron chi connectivity index (χ1n) is 5.90. The number of benzene rings is 1. The molecule has 0 aromatic heterocycles. The van der Waals surface area contributed by atoms with Gasteiger partial charge < -0.3 is 4.74 Å². The number of carbonyl (C=O) groups is 2. The van der Waals surface area contributed by atoms with Crippen LogP contribution in [0.25, 0.3) is 0 Å². The van der Waals surface area contributed by atoms with Gasteiger partial charge >= 0.3 is 6.09 Å². The van der Waals surface area contributed by atoms with Crippen LogP contribution in [0.2, 0.25) is 0 Å². The molecule has 19 heavy (non-hydrogen) atoms. The molecule has 5 heteroatoms. The molecule has 1 amide bonds. The molecule has 0 aliphatic carbocycles. The van der Waals surface area contributed by atoms with Crippen molar-refractivity contribution in [2.24, 2.45) is 0 Å². The van der Waals surface area contributed by atoms with Crippen LogP contribution in [0.4, 0.5) is 14.9 Å². The van der Waals surface area contributed by atoms with Crippen LogP contribution in [0, 0.1) is 19.7 Å². The minimum Gasteiger partial charge on any atom is -0.444 e. The minimum absolute atomic E-state index is 0.128. The van der Waals surface area contributed by atoms with E-state index in [-0.39, 0.29) is 11.3 Å². The lowest BCUT2D eigenvalue weighted by Gasteiger charge is -2.20. The summed E-state index contributed by atoms with van der Waals surface area (Å²) in [4.78, 5) is 22.7. The van der Waals surface area contributed by atoms with Crippen molar-refractivity contribution in [1.29, 1.82) is 0 Å². The molecule has 0 bridgehead atoms. The maximum atomic E-state index is 13.8. The van der Waals surface area contributed by atoms with Gasteiger partial charge in [0.2, 0.25) is 0 Å². The Morgan fingerprint density at radius 2 is 1.95 bits per heavy atom. The molecule has 0 unspecified atom stereocenters.